The summed E-state index contributed by atoms with van der Waals surface area (Å²) in [5.41, 5.74) is 1.32. The van der Waals surface area contributed by atoms with E-state index in [0.717, 1.165) is 10.4 Å². The van der Waals surface area contributed by atoms with Crippen LogP contribution in [-0.2, 0) is 0 Å². The molecule has 7 nitrogen and oxygen atoms in total. The van der Waals surface area contributed by atoms with Crippen LogP contribution < -0.4 is 0 Å². The summed E-state index contributed by atoms with van der Waals surface area (Å²) in [4.78, 5) is 0.918. The molecule has 4 aromatic heterocycles. The first-order valence-electron chi connectivity index (χ1n) is 7.90. The zero-order valence-electron chi connectivity index (χ0n) is 13.8. The van der Waals surface area contributed by atoms with E-state index in [0.29, 0.717) is 37.7 Å². The lowest BCUT2D eigenvalue weighted by molar-refractivity contribution is 0.466. The number of thiophene rings is 1. The number of aromatic nitrogens is 6. The monoisotopic (exact) mass is 446 g/mol. The van der Waals surface area contributed by atoms with Gasteiger partial charge in [-0.3, -0.25) is 0 Å². The van der Waals surface area contributed by atoms with Crippen molar-refractivity contribution in [3.63, 3.8) is 0 Å². The summed E-state index contributed by atoms with van der Waals surface area (Å²) >= 11 is 15.0. The third-order valence-corrected chi connectivity index (χ3v) is 5.75. The second-order valence-electron chi connectivity index (χ2n) is 5.58. The van der Waals surface area contributed by atoms with Crippen LogP contribution in [0.5, 0.6) is 0 Å². The molecule has 138 valence electrons. The maximum Gasteiger partial charge on any atom is 0.283 e. The first kappa shape index (κ1) is 17.6. The summed E-state index contributed by atoms with van der Waals surface area (Å²) < 4.78 is 7.33. The molecule has 0 bridgehead atoms. The van der Waals surface area contributed by atoms with Crippen LogP contribution in [0.3, 0.4) is 0 Å². The van der Waals surface area contributed by atoms with Crippen molar-refractivity contribution >= 4 is 51.9 Å². The van der Waals surface area contributed by atoms with Crippen molar-refractivity contribution in [2.24, 2.45) is 0 Å². The predicted molar refractivity (Wildman–Crippen MR) is 108 cm³/mol. The van der Waals surface area contributed by atoms with Gasteiger partial charge in [0.15, 0.2) is 11.5 Å². The van der Waals surface area contributed by atoms with Gasteiger partial charge in [-0.15, -0.1) is 31.7 Å². The molecule has 0 spiro atoms. The summed E-state index contributed by atoms with van der Waals surface area (Å²) in [5.74, 6) is 1.02. The van der Waals surface area contributed by atoms with E-state index < -0.39 is 0 Å². The number of benzene rings is 1. The quantitative estimate of drug-likeness (QED) is 0.367. The van der Waals surface area contributed by atoms with Crippen LogP contribution in [0.4, 0.5) is 0 Å². The number of nitrogens with zero attached hydrogens (tertiary/aromatic N) is 6. The summed E-state index contributed by atoms with van der Waals surface area (Å²) in [6.45, 7) is 0. The van der Waals surface area contributed by atoms with E-state index in [4.69, 9.17) is 27.6 Å². The van der Waals surface area contributed by atoms with Crippen LogP contribution in [0.15, 0.2) is 62.5 Å². The first-order valence-corrected chi connectivity index (χ1v) is 10.3. The fourth-order valence-corrected chi connectivity index (χ4v) is 4.34. The minimum absolute atomic E-state index is 0.399. The van der Waals surface area contributed by atoms with Gasteiger partial charge in [-0.25, -0.2) is 0 Å². The molecule has 0 amide bonds. The molecule has 5 aromatic rings. The molecule has 0 aliphatic heterocycles. The standard InChI is InChI=1S/C17H8Cl2N6OS2/c18-10-6-9(7-11(19)8-10)15-21-20-13-3-4-14(24-25(13)15)28-17-23-22-16(26-17)12-2-1-5-27-12/h1-8H. The lowest BCUT2D eigenvalue weighted by atomic mass is 10.2. The zero-order chi connectivity index (χ0) is 19.1. The van der Waals surface area contributed by atoms with Crippen LogP contribution in [0.1, 0.15) is 0 Å². The lowest BCUT2D eigenvalue weighted by Crippen LogP contribution is -1.96. The molecule has 1 aromatic carbocycles. The molecule has 5 rings (SSSR count). The first-order chi connectivity index (χ1) is 13.7. The highest BCUT2D eigenvalue weighted by Gasteiger charge is 2.15. The number of hydrogen-bond acceptors (Lipinski definition) is 8. The van der Waals surface area contributed by atoms with Gasteiger partial charge in [0.05, 0.1) is 4.88 Å². The van der Waals surface area contributed by atoms with Crippen molar-refractivity contribution in [1.29, 1.82) is 0 Å². The summed E-state index contributed by atoms with van der Waals surface area (Å²) in [6, 6.07) is 12.7. The summed E-state index contributed by atoms with van der Waals surface area (Å²) in [6.07, 6.45) is 0. The Morgan fingerprint density at radius 3 is 2.61 bits per heavy atom. The maximum absolute atomic E-state index is 6.11. The third-order valence-electron chi connectivity index (χ3n) is 3.69. The van der Waals surface area contributed by atoms with Crippen molar-refractivity contribution in [3.05, 3.63) is 57.9 Å². The van der Waals surface area contributed by atoms with Crippen molar-refractivity contribution in [2.45, 2.75) is 10.2 Å². The largest absolute Gasteiger partial charge is 0.410 e. The fourth-order valence-electron chi connectivity index (χ4n) is 2.53. The Balaban J connectivity index is 1.50. The van der Waals surface area contributed by atoms with Crippen molar-refractivity contribution in [1.82, 2.24) is 30.0 Å². The molecule has 0 fully saturated rings. The molecule has 0 aliphatic carbocycles. The Labute approximate surface area is 176 Å². The lowest BCUT2D eigenvalue weighted by Gasteiger charge is -2.02. The van der Waals surface area contributed by atoms with Gasteiger partial charge in [-0.1, -0.05) is 29.3 Å². The molecular weight excluding hydrogens is 439 g/mol. The third kappa shape index (κ3) is 3.37. The highest BCUT2D eigenvalue weighted by Crippen LogP contribution is 2.31. The van der Waals surface area contributed by atoms with E-state index in [1.807, 2.05) is 29.6 Å². The van der Waals surface area contributed by atoms with Crippen molar-refractivity contribution in [3.8, 4) is 22.2 Å². The minimum Gasteiger partial charge on any atom is -0.410 e. The molecule has 0 unspecified atom stereocenters. The molecule has 0 N–H and O–H groups in total. The predicted octanol–water partition coefficient (Wildman–Crippen LogP) is 5.36. The normalized spacial score (nSPS) is 11.4. The van der Waals surface area contributed by atoms with Crippen molar-refractivity contribution < 1.29 is 4.42 Å². The average molecular weight is 447 g/mol. The van der Waals surface area contributed by atoms with Crippen LogP contribution in [0.25, 0.3) is 27.8 Å². The van der Waals surface area contributed by atoms with E-state index in [9.17, 15) is 0 Å². The number of rotatable bonds is 4. The molecule has 0 aliphatic rings. The average Bonchev–Trinajstić information content (AvgIpc) is 3.41. The van der Waals surface area contributed by atoms with E-state index in [1.165, 1.54) is 23.1 Å². The Kier molecular flexibility index (Phi) is 4.52. The molecule has 28 heavy (non-hydrogen) atoms. The second kappa shape index (κ2) is 7.17. The van der Waals surface area contributed by atoms with Crippen LogP contribution in [0.2, 0.25) is 10.0 Å². The molecular formula is C17H8Cl2N6OS2. The number of fused-ring (bicyclic) bond motifs is 1. The summed E-state index contributed by atoms with van der Waals surface area (Å²) in [7, 11) is 0. The number of hydrogen-bond donors (Lipinski definition) is 0. The van der Waals surface area contributed by atoms with Crippen molar-refractivity contribution in [2.75, 3.05) is 0 Å². The van der Waals surface area contributed by atoms with E-state index in [-0.39, 0.29) is 0 Å². The highest BCUT2D eigenvalue weighted by atomic mass is 35.5. The fraction of sp³-hybridized carbons (Fsp3) is 0. The van der Waals surface area contributed by atoms with Gasteiger partial charge >= 0.3 is 0 Å². The van der Waals surface area contributed by atoms with E-state index >= 15 is 0 Å². The van der Waals surface area contributed by atoms with Gasteiger partial charge in [0.1, 0.15) is 5.03 Å². The van der Waals surface area contributed by atoms with Gasteiger partial charge in [-0.2, -0.15) is 9.61 Å². The molecule has 0 atom stereocenters. The molecule has 4 heterocycles. The smallest absolute Gasteiger partial charge is 0.283 e. The van der Waals surface area contributed by atoms with Gasteiger partial charge in [0.25, 0.3) is 11.1 Å². The van der Waals surface area contributed by atoms with Crippen LogP contribution in [0, 0.1) is 0 Å². The SMILES string of the molecule is Clc1cc(Cl)cc(-c2nnc3ccc(Sc4nnc(-c5cccs5)o4)nn23)c1. The number of halogens is 2. The highest BCUT2D eigenvalue weighted by molar-refractivity contribution is 7.99. The molecule has 0 saturated heterocycles. The van der Waals surface area contributed by atoms with Crippen LogP contribution in [-0.4, -0.2) is 30.0 Å². The molecule has 0 radical (unpaired) electrons. The Morgan fingerprint density at radius 1 is 0.964 bits per heavy atom. The second-order valence-corrected chi connectivity index (χ2v) is 8.37. The van der Waals surface area contributed by atoms with Gasteiger partial charge in [0.2, 0.25) is 0 Å². The van der Waals surface area contributed by atoms with Gasteiger partial charge in [0, 0.05) is 15.6 Å². The zero-order valence-corrected chi connectivity index (χ0v) is 16.9. The summed E-state index contributed by atoms with van der Waals surface area (Å²) in [5, 5.41) is 25.1. The van der Waals surface area contributed by atoms with Gasteiger partial charge in [-0.05, 0) is 53.5 Å². The minimum atomic E-state index is 0.399. The topological polar surface area (TPSA) is 82.0 Å². The van der Waals surface area contributed by atoms with E-state index in [2.05, 4.69) is 25.5 Å². The maximum atomic E-state index is 6.11. The van der Waals surface area contributed by atoms with Gasteiger partial charge < -0.3 is 4.42 Å². The Bertz CT molecular complexity index is 1260. The molecule has 11 heteroatoms. The van der Waals surface area contributed by atoms with Crippen LogP contribution >= 0.6 is 46.3 Å². The Hall–Kier alpha value is -2.46. The Morgan fingerprint density at radius 2 is 1.82 bits per heavy atom. The molecule has 0 saturated carbocycles. The van der Waals surface area contributed by atoms with E-state index in [1.54, 1.807) is 22.7 Å².